The first kappa shape index (κ1) is 22.2. The van der Waals surface area contributed by atoms with E-state index in [1.807, 2.05) is 44.3 Å². The van der Waals surface area contributed by atoms with Gasteiger partial charge in [-0.3, -0.25) is 9.88 Å². The molecule has 1 aliphatic heterocycles. The van der Waals surface area contributed by atoms with Crippen molar-refractivity contribution in [2.45, 2.75) is 32.0 Å². The maximum atomic E-state index is 12.9. The topological polar surface area (TPSA) is 66.8 Å². The highest BCUT2D eigenvalue weighted by Gasteiger charge is 2.31. The quantitative estimate of drug-likeness (QED) is 0.404. The van der Waals surface area contributed by atoms with Gasteiger partial charge < -0.3 is 5.32 Å². The Labute approximate surface area is 194 Å². The first-order valence-electron chi connectivity index (χ1n) is 11.0. The lowest BCUT2D eigenvalue weighted by molar-refractivity contribution is -0.137. The predicted octanol–water partition coefficient (Wildman–Crippen LogP) is 5.92. The Bertz CT molecular complexity index is 1340. The first-order chi connectivity index (χ1) is 16.3. The lowest BCUT2D eigenvalue weighted by atomic mass is 10.0. The highest BCUT2D eigenvalue weighted by Crippen LogP contribution is 2.35. The molecule has 1 fully saturated rings. The molecule has 6 nitrogen and oxygen atoms in total. The van der Waals surface area contributed by atoms with E-state index in [1.165, 1.54) is 6.07 Å². The zero-order valence-electron chi connectivity index (χ0n) is 18.8. The molecule has 5 rings (SSSR count). The summed E-state index contributed by atoms with van der Waals surface area (Å²) in [6, 6.07) is 12.3. The van der Waals surface area contributed by atoms with Crippen molar-refractivity contribution in [2.24, 2.45) is 0 Å². The zero-order valence-corrected chi connectivity index (χ0v) is 18.8. The Morgan fingerprint density at radius 2 is 1.91 bits per heavy atom. The minimum absolute atomic E-state index is 0.0686. The number of hydrogen-bond acceptors (Lipinski definition) is 6. The summed E-state index contributed by atoms with van der Waals surface area (Å²) in [7, 11) is 2.05. The van der Waals surface area contributed by atoms with Gasteiger partial charge in [-0.05, 0) is 57.6 Å². The molecule has 1 atom stereocenters. The fraction of sp³-hybridized carbons (Fsp3) is 0.280. The second-order valence-corrected chi connectivity index (χ2v) is 8.51. The molecule has 34 heavy (non-hydrogen) atoms. The predicted molar refractivity (Wildman–Crippen MR) is 125 cm³/mol. The van der Waals surface area contributed by atoms with Gasteiger partial charge in [0.25, 0.3) is 0 Å². The largest absolute Gasteiger partial charge is 0.417 e. The average molecular weight is 464 g/mol. The molecule has 1 unspecified atom stereocenters. The summed E-state index contributed by atoms with van der Waals surface area (Å²) in [5, 5.41) is 4.14. The third kappa shape index (κ3) is 4.31. The highest BCUT2D eigenvalue weighted by molar-refractivity contribution is 5.84. The van der Waals surface area contributed by atoms with Crippen LogP contribution in [0.15, 0.2) is 54.9 Å². The van der Waals surface area contributed by atoms with E-state index in [2.05, 4.69) is 20.2 Å². The van der Waals surface area contributed by atoms with Crippen LogP contribution in [0.3, 0.4) is 0 Å². The number of aromatic nitrogens is 4. The van der Waals surface area contributed by atoms with Gasteiger partial charge in [0.15, 0.2) is 0 Å². The Kier molecular flexibility index (Phi) is 5.65. The van der Waals surface area contributed by atoms with Crippen LogP contribution < -0.4 is 5.32 Å². The fourth-order valence-corrected chi connectivity index (χ4v) is 4.29. The van der Waals surface area contributed by atoms with E-state index in [0.717, 1.165) is 59.4 Å². The van der Waals surface area contributed by atoms with Crippen LogP contribution >= 0.6 is 0 Å². The number of benzene rings is 1. The van der Waals surface area contributed by atoms with Crippen LogP contribution in [0.25, 0.3) is 22.2 Å². The van der Waals surface area contributed by atoms with Crippen molar-refractivity contribution in [3.05, 3.63) is 71.8 Å². The van der Waals surface area contributed by atoms with Crippen molar-refractivity contribution < 1.29 is 13.2 Å². The maximum Gasteiger partial charge on any atom is 0.417 e. The van der Waals surface area contributed by atoms with E-state index in [9.17, 15) is 13.2 Å². The summed E-state index contributed by atoms with van der Waals surface area (Å²) < 4.78 is 38.8. The van der Waals surface area contributed by atoms with Crippen molar-refractivity contribution >= 4 is 22.5 Å². The summed E-state index contributed by atoms with van der Waals surface area (Å²) in [6.07, 6.45) is 0.128. The van der Waals surface area contributed by atoms with E-state index in [4.69, 9.17) is 9.97 Å². The lowest BCUT2D eigenvalue weighted by Crippen LogP contribution is -2.20. The second kappa shape index (κ2) is 8.64. The van der Waals surface area contributed by atoms with Gasteiger partial charge in [0, 0.05) is 28.9 Å². The van der Waals surface area contributed by atoms with E-state index in [-0.39, 0.29) is 11.9 Å². The molecule has 3 aromatic heterocycles. The van der Waals surface area contributed by atoms with Crippen LogP contribution in [0.4, 0.5) is 24.8 Å². The molecule has 1 saturated heterocycles. The van der Waals surface area contributed by atoms with Crippen LogP contribution in [-0.2, 0) is 6.18 Å². The molecular weight excluding hydrogens is 441 g/mol. The molecule has 1 aromatic carbocycles. The van der Waals surface area contributed by atoms with Gasteiger partial charge in [-0.2, -0.15) is 13.2 Å². The monoisotopic (exact) mass is 464 g/mol. The first-order valence-corrected chi connectivity index (χ1v) is 11.0. The van der Waals surface area contributed by atoms with Crippen molar-refractivity contribution in [1.29, 1.82) is 0 Å². The third-order valence-corrected chi connectivity index (χ3v) is 6.20. The van der Waals surface area contributed by atoms with Gasteiger partial charge in [-0.15, -0.1) is 0 Å². The van der Waals surface area contributed by atoms with Crippen molar-refractivity contribution in [2.75, 3.05) is 18.9 Å². The Balaban J connectivity index is 1.59. The summed E-state index contributed by atoms with van der Waals surface area (Å²) in [5.41, 5.74) is 2.50. The Morgan fingerprint density at radius 1 is 1.06 bits per heavy atom. The molecule has 1 aliphatic rings. The minimum atomic E-state index is -4.44. The Morgan fingerprint density at radius 3 is 2.62 bits per heavy atom. The van der Waals surface area contributed by atoms with Gasteiger partial charge in [-0.25, -0.2) is 15.0 Å². The molecule has 0 aliphatic carbocycles. The van der Waals surface area contributed by atoms with Crippen LogP contribution in [0.2, 0.25) is 0 Å². The standard InChI is InChI=1S/C25H23F3N6/c1-15-22(17-8-7-16-5-3-11-29-19(16)13-17)32-24(20-6-4-12-34(20)2)33-23(15)31-21-10-9-18(14-30-21)25(26,27)28/h3,5,7-11,13-14,20H,4,6,12H2,1-2H3,(H,30,31,32,33). The van der Waals surface area contributed by atoms with Crippen molar-refractivity contribution in [1.82, 2.24) is 24.8 Å². The third-order valence-electron chi connectivity index (χ3n) is 6.20. The van der Waals surface area contributed by atoms with E-state index >= 15 is 0 Å². The number of alkyl halides is 3. The summed E-state index contributed by atoms with van der Waals surface area (Å²) in [4.78, 5) is 20.4. The SMILES string of the molecule is Cc1c(Nc2ccc(C(F)(F)F)cn2)nc(C2CCCN2C)nc1-c1ccc2cccnc2c1. The number of fused-ring (bicyclic) bond motifs is 1. The normalized spacial score (nSPS) is 16.8. The van der Waals surface area contributed by atoms with Crippen LogP contribution in [0.5, 0.6) is 0 Å². The summed E-state index contributed by atoms with van der Waals surface area (Å²) >= 11 is 0. The summed E-state index contributed by atoms with van der Waals surface area (Å²) in [5.74, 6) is 1.48. The molecule has 174 valence electrons. The van der Waals surface area contributed by atoms with Gasteiger partial charge >= 0.3 is 6.18 Å². The van der Waals surface area contributed by atoms with Gasteiger partial charge in [0.2, 0.25) is 0 Å². The molecular formula is C25H23F3N6. The van der Waals surface area contributed by atoms with Crippen molar-refractivity contribution in [3.8, 4) is 11.3 Å². The molecule has 9 heteroatoms. The molecule has 0 bridgehead atoms. The molecule has 4 heterocycles. The average Bonchev–Trinajstić information content (AvgIpc) is 3.25. The maximum absolute atomic E-state index is 12.9. The summed E-state index contributed by atoms with van der Waals surface area (Å²) in [6.45, 7) is 2.85. The van der Waals surface area contributed by atoms with Gasteiger partial charge in [0.1, 0.15) is 17.5 Å². The smallest absolute Gasteiger partial charge is 0.325 e. The van der Waals surface area contributed by atoms with Crippen LogP contribution in [0.1, 0.15) is 35.8 Å². The number of likely N-dealkylation sites (tertiary alicyclic amines) is 1. The van der Waals surface area contributed by atoms with E-state index in [0.29, 0.717) is 11.6 Å². The number of hydrogen-bond donors (Lipinski definition) is 1. The number of nitrogens with one attached hydrogen (secondary N) is 1. The zero-order chi connectivity index (χ0) is 23.9. The van der Waals surface area contributed by atoms with Gasteiger partial charge in [-0.1, -0.05) is 18.2 Å². The number of nitrogens with zero attached hydrogens (tertiary/aromatic N) is 5. The van der Waals surface area contributed by atoms with Crippen molar-refractivity contribution in [3.63, 3.8) is 0 Å². The van der Waals surface area contributed by atoms with Crippen LogP contribution in [-0.4, -0.2) is 38.4 Å². The molecule has 0 saturated carbocycles. The second-order valence-electron chi connectivity index (χ2n) is 8.51. The molecule has 0 radical (unpaired) electrons. The number of rotatable bonds is 4. The molecule has 0 amide bonds. The van der Waals surface area contributed by atoms with E-state index in [1.54, 1.807) is 6.20 Å². The highest BCUT2D eigenvalue weighted by atomic mass is 19.4. The molecule has 4 aromatic rings. The minimum Gasteiger partial charge on any atom is -0.325 e. The van der Waals surface area contributed by atoms with Gasteiger partial charge in [0.05, 0.1) is 22.8 Å². The number of pyridine rings is 2. The fourth-order valence-electron chi connectivity index (χ4n) is 4.29. The number of halogens is 3. The number of anilines is 2. The molecule has 0 spiro atoms. The Hall–Kier alpha value is -3.59. The van der Waals surface area contributed by atoms with E-state index < -0.39 is 11.7 Å². The lowest BCUT2D eigenvalue weighted by Gasteiger charge is -2.21. The molecule has 1 N–H and O–H groups in total. The van der Waals surface area contributed by atoms with Crippen LogP contribution in [0, 0.1) is 6.92 Å².